The molecule has 0 bridgehead atoms. The summed E-state index contributed by atoms with van der Waals surface area (Å²) in [5.41, 5.74) is 0. The topological polar surface area (TPSA) is 59.2 Å². The Hall–Kier alpha value is -1.80. The van der Waals surface area contributed by atoms with Crippen molar-refractivity contribution in [2.75, 3.05) is 19.6 Å². The van der Waals surface area contributed by atoms with Crippen LogP contribution < -0.4 is 4.74 Å². The zero-order chi connectivity index (χ0) is 20.8. The van der Waals surface area contributed by atoms with Crippen molar-refractivity contribution in [1.82, 2.24) is 19.7 Å². The first-order chi connectivity index (χ1) is 14.0. The molecule has 156 valence electrons. The van der Waals surface area contributed by atoms with E-state index in [-0.39, 0.29) is 6.61 Å². The normalized spacial score (nSPS) is 11.3. The highest BCUT2D eigenvalue weighted by Crippen LogP contribution is 2.29. The van der Waals surface area contributed by atoms with Crippen LogP contribution in [-0.2, 0) is 13.2 Å². The summed E-state index contributed by atoms with van der Waals surface area (Å²) in [5, 5.41) is 8.22. The molecule has 0 saturated heterocycles. The third-order valence-electron chi connectivity index (χ3n) is 4.65. The first-order valence-electron chi connectivity index (χ1n) is 9.56. The summed E-state index contributed by atoms with van der Waals surface area (Å²) in [6, 6.07) is 8.83. The minimum Gasteiger partial charge on any atom is -0.484 e. The smallest absolute Gasteiger partial charge is 0.198 e. The molecule has 0 radical (unpaired) electrons. The van der Waals surface area contributed by atoms with E-state index in [2.05, 4.69) is 28.9 Å². The summed E-state index contributed by atoms with van der Waals surface area (Å²) in [4.78, 5) is 2.38. The fourth-order valence-electron chi connectivity index (χ4n) is 3.02. The van der Waals surface area contributed by atoms with Crippen LogP contribution in [0.2, 0.25) is 10.0 Å². The largest absolute Gasteiger partial charge is 0.484 e. The summed E-state index contributed by atoms with van der Waals surface area (Å²) in [7, 11) is 0. The van der Waals surface area contributed by atoms with Crippen LogP contribution >= 0.6 is 35.4 Å². The fourth-order valence-corrected chi connectivity index (χ4v) is 3.71. The number of aromatic nitrogens is 3. The van der Waals surface area contributed by atoms with Gasteiger partial charge in [0, 0.05) is 11.6 Å². The van der Waals surface area contributed by atoms with Crippen molar-refractivity contribution in [3.63, 3.8) is 0 Å². The fraction of sp³-hybridized carbons (Fsp3) is 0.400. The first-order valence-corrected chi connectivity index (χ1v) is 10.7. The standard InChI is InChI=1S/C20H24Cl2N4O2S/c1-3-25(4-2)10-5-11-26-19(23-24-20(26)29)18-9-7-15(28-18)13-27-17-8-6-14(21)12-16(17)22/h6-9,12H,3-5,10-11,13H2,1-2H3,(H,24,29). The van der Waals surface area contributed by atoms with E-state index in [0.717, 1.165) is 32.6 Å². The van der Waals surface area contributed by atoms with Gasteiger partial charge in [-0.05, 0) is 68.6 Å². The van der Waals surface area contributed by atoms with Gasteiger partial charge in [-0.25, -0.2) is 0 Å². The monoisotopic (exact) mass is 454 g/mol. The van der Waals surface area contributed by atoms with Gasteiger partial charge in [0.1, 0.15) is 18.1 Å². The van der Waals surface area contributed by atoms with Gasteiger partial charge in [-0.1, -0.05) is 37.0 Å². The maximum atomic E-state index is 6.14. The lowest BCUT2D eigenvalue weighted by molar-refractivity contribution is 0.271. The molecule has 0 atom stereocenters. The molecule has 3 rings (SSSR count). The molecule has 1 aromatic carbocycles. The number of hydrogen-bond donors (Lipinski definition) is 1. The summed E-state index contributed by atoms with van der Waals surface area (Å²) >= 11 is 17.4. The molecule has 6 nitrogen and oxygen atoms in total. The molecule has 9 heteroatoms. The van der Waals surface area contributed by atoms with Gasteiger partial charge in [-0.3, -0.25) is 9.67 Å². The molecule has 0 aliphatic heterocycles. The van der Waals surface area contributed by atoms with Crippen molar-refractivity contribution in [1.29, 1.82) is 0 Å². The Morgan fingerprint density at radius 2 is 2.00 bits per heavy atom. The van der Waals surface area contributed by atoms with E-state index in [1.165, 1.54) is 0 Å². The van der Waals surface area contributed by atoms with Crippen molar-refractivity contribution >= 4 is 35.4 Å². The van der Waals surface area contributed by atoms with Crippen molar-refractivity contribution in [2.45, 2.75) is 33.4 Å². The van der Waals surface area contributed by atoms with Crippen molar-refractivity contribution in [3.05, 3.63) is 50.9 Å². The molecule has 2 aromatic heterocycles. The van der Waals surface area contributed by atoms with Crippen LogP contribution in [0.1, 0.15) is 26.0 Å². The maximum absolute atomic E-state index is 6.14. The average molecular weight is 455 g/mol. The first kappa shape index (κ1) is 21.9. The van der Waals surface area contributed by atoms with E-state index in [0.29, 0.717) is 37.9 Å². The number of aromatic amines is 1. The van der Waals surface area contributed by atoms with Crippen LogP contribution in [0.5, 0.6) is 5.75 Å². The molecular weight excluding hydrogens is 431 g/mol. The number of rotatable bonds is 10. The van der Waals surface area contributed by atoms with Crippen molar-refractivity contribution < 1.29 is 9.15 Å². The number of hydrogen-bond acceptors (Lipinski definition) is 5. The summed E-state index contributed by atoms with van der Waals surface area (Å²) < 4.78 is 14.2. The molecule has 0 saturated carbocycles. The second-order valence-corrected chi connectivity index (χ2v) is 7.74. The van der Waals surface area contributed by atoms with Crippen LogP contribution in [-0.4, -0.2) is 39.3 Å². The number of nitrogens with zero attached hydrogens (tertiary/aromatic N) is 3. The molecule has 29 heavy (non-hydrogen) atoms. The second-order valence-electron chi connectivity index (χ2n) is 6.51. The average Bonchev–Trinajstić information content (AvgIpc) is 3.31. The van der Waals surface area contributed by atoms with E-state index < -0.39 is 0 Å². The second kappa shape index (κ2) is 10.3. The minimum absolute atomic E-state index is 0.245. The molecule has 0 aliphatic rings. The lowest BCUT2D eigenvalue weighted by Crippen LogP contribution is -2.24. The van der Waals surface area contributed by atoms with E-state index in [4.69, 9.17) is 44.6 Å². The minimum atomic E-state index is 0.245. The Bertz CT molecular complexity index is 995. The van der Waals surface area contributed by atoms with Crippen LogP contribution in [0.25, 0.3) is 11.6 Å². The van der Waals surface area contributed by atoms with Gasteiger partial charge in [0.2, 0.25) is 0 Å². The van der Waals surface area contributed by atoms with Crippen LogP contribution in [0.3, 0.4) is 0 Å². The summed E-state index contributed by atoms with van der Waals surface area (Å²) in [6.45, 7) is 8.45. The lowest BCUT2D eigenvalue weighted by Gasteiger charge is -2.17. The highest BCUT2D eigenvalue weighted by Gasteiger charge is 2.14. The van der Waals surface area contributed by atoms with Gasteiger partial charge in [0.15, 0.2) is 16.4 Å². The third kappa shape index (κ3) is 5.63. The molecule has 0 amide bonds. The number of halogens is 2. The number of furan rings is 1. The molecule has 2 heterocycles. The molecule has 1 N–H and O–H groups in total. The van der Waals surface area contributed by atoms with Crippen molar-refractivity contribution in [2.24, 2.45) is 0 Å². The number of ether oxygens (including phenoxy) is 1. The van der Waals surface area contributed by atoms with Gasteiger partial charge in [0.05, 0.1) is 5.02 Å². The Balaban J connectivity index is 1.66. The van der Waals surface area contributed by atoms with Gasteiger partial charge >= 0.3 is 0 Å². The lowest BCUT2D eigenvalue weighted by atomic mass is 10.3. The molecule has 0 fully saturated rings. The van der Waals surface area contributed by atoms with Gasteiger partial charge in [0.25, 0.3) is 0 Å². The highest BCUT2D eigenvalue weighted by molar-refractivity contribution is 7.71. The number of nitrogens with one attached hydrogen (secondary N) is 1. The number of H-pyrrole nitrogens is 1. The summed E-state index contributed by atoms with van der Waals surface area (Å²) in [6.07, 6.45) is 0.980. The van der Waals surface area contributed by atoms with Gasteiger partial charge in [-0.15, -0.1) is 0 Å². The predicted molar refractivity (Wildman–Crippen MR) is 118 cm³/mol. The van der Waals surface area contributed by atoms with E-state index in [9.17, 15) is 0 Å². The Kier molecular flexibility index (Phi) is 7.77. The van der Waals surface area contributed by atoms with Crippen LogP contribution in [0, 0.1) is 4.77 Å². The Morgan fingerprint density at radius 3 is 2.72 bits per heavy atom. The Morgan fingerprint density at radius 1 is 1.21 bits per heavy atom. The zero-order valence-corrected chi connectivity index (χ0v) is 18.8. The van der Waals surface area contributed by atoms with Crippen LogP contribution in [0.15, 0.2) is 34.7 Å². The third-order valence-corrected chi connectivity index (χ3v) is 5.50. The molecule has 0 aliphatic carbocycles. The quantitative estimate of drug-likeness (QED) is 0.391. The molecule has 3 aromatic rings. The highest BCUT2D eigenvalue weighted by atomic mass is 35.5. The SMILES string of the molecule is CCN(CC)CCCn1c(-c2ccc(COc3ccc(Cl)cc3Cl)o2)n[nH]c1=S. The predicted octanol–water partition coefficient (Wildman–Crippen LogP) is 5.82. The van der Waals surface area contributed by atoms with E-state index >= 15 is 0 Å². The molecule has 0 spiro atoms. The molecule has 0 unspecified atom stereocenters. The van der Waals surface area contributed by atoms with Crippen LogP contribution in [0.4, 0.5) is 0 Å². The zero-order valence-electron chi connectivity index (χ0n) is 16.5. The van der Waals surface area contributed by atoms with E-state index in [1.807, 2.05) is 16.7 Å². The van der Waals surface area contributed by atoms with Crippen molar-refractivity contribution in [3.8, 4) is 17.3 Å². The Labute approximate surface area is 185 Å². The van der Waals surface area contributed by atoms with Gasteiger partial charge in [-0.2, -0.15) is 5.10 Å². The van der Waals surface area contributed by atoms with Gasteiger partial charge < -0.3 is 14.1 Å². The summed E-state index contributed by atoms with van der Waals surface area (Å²) in [5.74, 6) is 2.54. The van der Waals surface area contributed by atoms with E-state index in [1.54, 1.807) is 18.2 Å². The number of benzene rings is 1. The maximum Gasteiger partial charge on any atom is 0.198 e. The molecular formula is C20H24Cl2N4O2S.